The summed E-state index contributed by atoms with van der Waals surface area (Å²) >= 11 is 0. The molecular weight excluding hydrogens is 320 g/mol. The molecule has 4 heterocycles. The molecule has 1 unspecified atom stereocenters. The summed E-state index contributed by atoms with van der Waals surface area (Å²) in [5.74, 6) is 0.264. The highest BCUT2D eigenvalue weighted by Gasteiger charge is 2.43. The Balaban J connectivity index is 1.36. The average molecular weight is 346 g/mol. The fourth-order valence-electron chi connectivity index (χ4n) is 4.00. The molecule has 3 aliphatic heterocycles. The van der Waals surface area contributed by atoms with E-state index in [4.69, 9.17) is 0 Å². The minimum atomic E-state index is 0.0279. The van der Waals surface area contributed by atoms with Gasteiger partial charge in [-0.1, -0.05) is 0 Å². The summed E-state index contributed by atoms with van der Waals surface area (Å²) in [4.78, 5) is 32.3. The molecule has 25 heavy (non-hydrogen) atoms. The van der Waals surface area contributed by atoms with Gasteiger partial charge >= 0.3 is 6.03 Å². The van der Waals surface area contributed by atoms with Gasteiger partial charge in [0.2, 0.25) is 5.91 Å². The van der Waals surface area contributed by atoms with E-state index in [2.05, 4.69) is 23.8 Å². The van der Waals surface area contributed by atoms with Crippen molar-refractivity contribution in [2.24, 2.45) is 0 Å². The van der Waals surface area contributed by atoms with Crippen LogP contribution in [0.1, 0.15) is 26.3 Å². The number of carbonyl (C=O) groups excluding carboxylic acids is 2. The van der Waals surface area contributed by atoms with Gasteiger partial charge in [0.25, 0.3) is 0 Å². The largest absolute Gasteiger partial charge is 0.339 e. The first-order chi connectivity index (χ1) is 12.0. The predicted molar refractivity (Wildman–Crippen MR) is 93.5 cm³/mol. The molecule has 1 atom stereocenters. The van der Waals surface area contributed by atoms with E-state index in [1.165, 1.54) is 0 Å². The van der Waals surface area contributed by atoms with Crippen LogP contribution in [0.2, 0.25) is 0 Å². The first-order valence-corrected chi connectivity index (χ1v) is 9.07. The van der Waals surface area contributed by atoms with E-state index in [9.17, 15) is 9.59 Å². The molecule has 3 amide bonds. The quantitative estimate of drug-likeness (QED) is 0.802. The first kappa shape index (κ1) is 16.4. The fourth-order valence-corrected chi connectivity index (χ4v) is 4.00. The van der Waals surface area contributed by atoms with Gasteiger partial charge in [0.15, 0.2) is 0 Å². The maximum Gasteiger partial charge on any atom is 0.324 e. The summed E-state index contributed by atoms with van der Waals surface area (Å²) in [5.41, 5.74) is 0.857. The molecule has 8 heteroatoms. The molecule has 3 saturated heterocycles. The van der Waals surface area contributed by atoms with Crippen LogP contribution in [0.25, 0.3) is 0 Å². The lowest BCUT2D eigenvalue weighted by Crippen LogP contribution is -2.55. The Morgan fingerprint density at radius 2 is 1.92 bits per heavy atom. The van der Waals surface area contributed by atoms with Crippen molar-refractivity contribution in [2.75, 3.05) is 44.7 Å². The highest BCUT2D eigenvalue weighted by molar-refractivity contribution is 5.93. The van der Waals surface area contributed by atoms with Crippen molar-refractivity contribution in [2.45, 2.75) is 38.4 Å². The molecule has 3 fully saturated rings. The van der Waals surface area contributed by atoms with Crippen molar-refractivity contribution in [3.05, 3.63) is 12.4 Å². The van der Waals surface area contributed by atoms with Gasteiger partial charge in [0.1, 0.15) is 0 Å². The van der Waals surface area contributed by atoms with Crippen molar-refractivity contribution in [3.8, 4) is 0 Å². The summed E-state index contributed by atoms with van der Waals surface area (Å²) in [7, 11) is 1.82. The number of amides is 3. The van der Waals surface area contributed by atoms with Crippen LogP contribution in [0.4, 0.5) is 10.5 Å². The van der Waals surface area contributed by atoms with E-state index in [-0.39, 0.29) is 30.1 Å². The third kappa shape index (κ3) is 2.68. The third-order valence-electron chi connectivity index (χ3n) is 5.66. The minimum absolute atomic E-state index is 0.0279. The van der Waals surface area contributed by atoms with E-state index >= 15 is 0 Å². The number of carbonyl (C=O) groups is 2. The normalized spacial score (nSPS) is 25.6. The van der Waals surface area contributed by atoms with Crippen LogP contribution in [0.5, 0.6) is 0 Å². The number of hydrogen-bond acceptors (Lipinski definition) is 4. The Morgan fingerprint density at radius 3 is 2.52 bits per heavy atom. The SMILES string of the molecule is CC(C)N1CCC(N2CC(n3cc(N4CCN(C)C4=O)cn3)C2)C1=O. The second-order valence-electron chi connectivity index (χ2n) is 7.57. The molecule has 0 bridgehead atoms. The van der Waals surface area contributed by atoms with Crippen LogP contribution >= 0.6 is 0 Å². The minimum Gasteiger partial charge on any atom is -0.339 e. The van der Waals surface area contributed by atoms with Crippen LogP contribution in [0, 0.1) is 0 Å². The van der Waals surface area contributed by atoms with E-state index < -0.39 is 0 Å². The summed E-state index contributed by atoms with van der Waals surface area (Å²) in [6.07, 6.45) is 4.64. The Kier molecular flexibility index (Phi) is 3.94. The maximum absolute atomic E-state index is 12.5. The Labute approximate surface area is 147 Å². The number of hydrogen-bond donors (Lipinski definition) is 0. The number of likely N-dealkylation sites (tertiary alicyclic amines) is 2. The molecule has 0 aromatic carbocycles. The Bertz CT molecular complexity index is 680. The number of urea groups is 1. The molecule has 4 rings (SSSR count). The van der Waals surface area contributed by atoms with Crippen molar-refractivity contribution in [3.63, 3.8) is 0 Å². The molecule has 1 aromatic heterocycles. The Morgan fingerprint density at radius 1 is 1.16 bits per heavy atom. The van der Waals surface area contributed by atoms with Crippen molar-refractivity contribution >= 4 is 17.6 Å². The summed E-state index contributed by atoms with van der Waals surface area (Å²) in [5, 5.41) is 4.45. The lowest BCUT2D eigenvalue weighted by Gasteiger charge is -2.42. The van der Waals surface area contributed by atoms with Gasteiger partial charge in [0.05, 0.1) is 24.0 Å². The van der Waals surface area contributed by atoms with Crippen molar-refractivity contribution in [1.29, 1.82) is 0 Å². The standard InChI is InChI=1S/C17H26N6O2/c1-12(2)21-5-4-15(16(21)24)20-9-14(10-20)23-11-13(8-18-23)22-7-6-19(3)17(22)25/h8,11-12,14-15H,4-7,9-10H2,1-3H3. The van der Waals surface area contributed by atoms with Gasteiger partial charge < -0.3 is 9.80 Å². The van der Waals surface area contributed by atoms with Crippen LogP contribution in [-0.2, 0) is 4.79 Å². The molecular formula is C17H26N6O2. The molecule has 0 saturated carbocycles. The number of rotatable bonds is 4. The number of nitrogens with zero attached hydrogens (tertiary/aromatic N) is 6. The smallest absolute Gasteiger partial charge is 0.324 e. The van der Waals surface area contributed by atoms with Gasteiger partial charge in [-0.25, -0.2) is 4.79 Å². The Hall–Kier alpha value is -2.09. The van der Waals surface area contributed by atoms with Crippen molar-refractivity contribution < 1.29 is 9.59 Å². The van der Waals surface area contributed by atoms with Gasteiger partial charge in [-0.3, -0.25) is 19.3 Å². The fraction of sp³-hybridized carbons (Fsp3) is 0.706. The van der Waals surface area contributed by atoms with Crippen LogP contribution < -0.4 is 4.90 Å². The molecule has 0 radical (unpaired) electrons. The van der Waals surface area contributed by atoms with E-state index in [0.717, 1.165) is 38.3 Å². The first-order valence-electron chi connectivity index (χ1n) is 9.07. The van der Waals surface area contributed by atoms with Gasteiger partial charge in [0, 0.05) is 52.0 Å². The lowest BCUT2D eigenvalue weighted by atomic mass is 10.0. The second kappa shape index (κ2) is 6.01. The van der Waals surface area contributed by atoms with Gasteiger partial charge in [-0.2, -0.15) is 5.10 Å². The highest BCUT2D eigenvalue weighted by atomic mass is 16.2. The van der Waals surface area contributed by atoms with Crippen LogP contribution in [-0.4, -0.2) is 88.3 Å². The molecule has 8 nitrogen and oxygen atoms in total. The van der Waals surface area contributed by atoms with Gasteiger partial charge in [-0.05, 0) is 20.3 Å². The monoisotopic (exact) mass is 346 g/mol. The van der Waals surface area contributed by atoms with Crippen molar-refractivity contribution in [1.82, 2.24) is 24.5 Å². The molecule has 3 aliphatic rings. The summed E-state index contributed by atoms with van der Waals surface area (Å²) < 4.78 is 1.94. The number of aromatic nitrogens is 2. The summed E-state index contributed by atoms with van der Waals surface area (Å²) in [6, 6.07) is 0.618. The molecule has 0 spiro atoms. The lowest BCUT2D eigenvalue weighted by molar-refractivity contribution is -0.135. The number of likely N-dealkylation sites (N-methyl/N-ethyl adjacent to an activating group) is 1. The van der Waals surface area contributed by atoms with E-state index in [0.29, 0.717) is 6.54 Å². The summed E-state index contributed by atoms with van der Waals surface area (Å²) in [6.45, 7) is 8.15. The van der Waals surface area contributed by atoms with Crippen LogP contribution in [0.3, 0.4) is 0 Å². The third-order valence-corrected chi connectivity index (χ3v) is 5.66. The molecule has 1 aromatic rings. The molecule has 0 N–H and O–H groups in total. The predicted octanol–water partition coefficient (Wildman–Crippen LogP) is 0.621. The zero-order chi connectivity index (χ0) is 17.7. The zero-order valence-corrected chi connectivity index (χ0v) is 15.1. The second-order valence-corrected chi connectivity index (χ2v) is 7.57. The zero-order valence-electron chi connectivity index (χ0n) is 15.1. The van der Waals surface area contributed by atoms with Gasteiger partial charge in [-0.15, -0.1) is 0 Å². The molecule has 0 aliphatic carbocycles. The van der Waals surface area contributed by atoms with E-state index in [1.807, 2.05) is 22.8 Å². The highest BCUT2D eigenvalue weighted by Crippen LogP contribution is 2.30. The topological polar surface area (TPSA) is 64.9 Å². The van der Waals surface area contributed by atoms with E-state index in [1.54, 1.807) is 16.0 Å². The maximum atomic E-state index is 12.5. The average Bonchev–Trinajstić information content (AvgIpc) is 3.21. The number of anilines is 1. The van der Waals surface area contributed by atoms with Crippen LogP contribution in [0.15, 0.2) is 12.4 Å². The molecule has 136 valence electrons.